The van der Waals surface area contributed by atoms with Gasteiger partial charge in [0.25, 0.3) is 0 Å². The summed E-state index contributed by atoms with van der Waals surface area (Å²) in [6.07, 6.45) is -3.02. The van der Waals surface area contributed by atoms with Crippen molar-refractivity contribution in [2.24, 2.45) is 0 Å². The van der Waals surface area contributed by atoms with Crippen molar-refractivity contribution < 1.29 is 22.5 Å². The van der Waals surface area contributed by atoms with E-state index >= 15 is 0 Å². The van der Waals surface area contributed by atoms with E-state index < -0.39 is 30.1 Å². The molecule has 1 aromatic rings. The Labute approximate surface area is 130 Å². The lowest BCUT2D eigenvalue weighted by atomic mass is 9.74. The van der Waals surface area contributed by atoms with Gasteiger partial charge in [-0.05, 0) is 51.2 Å². The molecule has 0 atom stereocenters. The van der Waals surface area contributed by atoms with E-state index in [4.69, 9.17) is 9.31 Å². The molecule has 2 nitrogen and oxygen atoms in total. The van der Waals surface area contributed by atoms with Crippen LogP contribution in [-0.4, -0.2) is 18.3 Å². The number of alkyl halides is 3. The molecule has 1 fully saturated rings. The Morgan fingerprint density at radius 1 is 1.05 bits per heavy atom. The summed E-state index contributed by atoms with van der Waals surface area (Å²) in [6.45, 7) is 9.65. The van der Waals surface area contributed by atoms with Gasteiger partial charge in [-0.2, -0.15) is 13.2 Å². The number of halogens is 3. The van der Waals surface area contributed by atoms with Crippen molar-refractivity contribution in [2.75, 3.05) is 0 Å². The standard InChI is InChI=1S/C16H22BF3O2/c1-6-7-11-10-12(16(18,19)20)8-9-13(11)17-21-14(2,3)15(4,5)22-17/h8-10H,6-7H2,1-5H3. The molecule has 1 aliphatic heterocycles. The van der Waals surface area contributed by atoms with Crippen LogP contribution in [0, 0.1) is 0 Å². The molecule has 0 amide bonds. The highest BCUT2D eigenvalue weighted by molar-refractivity contribution is 6.62. The second-order valence-corrected chi connectivity index (χ2v) is 6.75. The molecule has 0 radical (unpaired) electrons. The predicted molar refractivity (Wildman–Crippen MR) is 81.2 cm³/mol. The van der Waals surface area contributed by atoms with E-state index in [-0.39, 0.29) is 0 Å². The molecular weight excluding hydrogens is 292 g/mol. The first-order chi connectivity index (χ1) is 9.98. The molecule has 0 N–H and O–H groups in total. The Morgan fingerprint density at radius 3 is 2.05 bits per heavy atom. The molecule has 2 rings (SSSR count). The minimum absolute atomic E-state index is 0.510. The zero-order valence-corrected chi connectivity index (χ0v) is 13.7. The summed E-state index contributed by atoms with van der Waals surface area (Å²) in [4.78, 5) is 0. The average Bonchev–Trinajstić information content (AvgIpc) is 2.57. The SMILES string of the molecule is CCCc1cc(C(F)(F)F)ccc1B1OC(C)(C)C(C)(C)O1. The van der Waals surface area contributed by atoms with Gasteiger partial charge in [-0.3, -0.25) is 0 Å². The maximum atomic E-state index is 12.9. The first kappa shape index (κ1) is 17.4. The van der Waals surface area contributed by atoms with Gasteiger partial charge in [0, 0.05) is 0 Å². The highest BCUT2D eigenvalue weighted by Crippen LogP contribution is 2.37. The average molecular weight is 314 g/mol. The van der Waals surface area contributed by atoms with Crippen molar-refractivity contribution in [1.82, 2.24) is 0 Å². The predicted octanol–water partition coefficient (Wildman–Crippen LogP) is 3.96. The molecule has 0 bridgehead atoms. The first-order valence-corrected chi connectivity index (χ1v) is 7.53. The Kier molecular flexibility index (Phi) is 4.39. The molecule has 22 heavy (non-hydrogen) atoms. The summed E-state index contributed by atoms with van der Waals surface area (Å²) in [5, 5.41) is 0. The van der Waals surface area contributed by atoms with Crippen LogP contribution in [0.5, 0.6) is 0 Å². The largest absolute Gasteiger partial charge is 0.495 e. The van der Waals surface area contributed by atoms with Gasteiger partial charge in [-0.15, -0.1) is 0 Å². The maximum absolute atomic E-state index is 12.9. The van der Waals surface area contributed by atoms with Gasteiger partial charge < -0.3 is 9.31 Å². The van der Waals surface area contributed by atoms with Crippen LogP contribution in [0.4, 0.5) is 13.2 Å². The van der Waals surface area contributed by atoms with Gasteiger partial charge in [0.05, 0.1) is 16.8 Å². The van der Waals surface area contributed by atoms with Crippen LogP contribution < -0.4 is 5.46 Å². The lowest BCUT2D eigenvalue weighted by molar-refractivity contribution is -0.137. The quantitative estimate of drug-likeness (QED) is 0.786. The number of rotatable bonds is 3. The third-order valence-electron chi connectivity index (χ3n) is 4.50. The molecule has 1 aliphatic rings. The zero-order valence-electron chi connectivity index (χ0n) is 13.7. The summed E-state index contributed by atoms with van der Waals surface area (Å²) in [7, 11) is -0.631. The summed E-state index contributed by atoms with van der Waals surface area (Å²) < 4.78 is 50.6. The molecule has 0 saturated carbocycles. The normalized spacial score (nSPS) is 20.5. The summed E-state index contributed by atoms with van der Waals surface area (Å²) in [6, 6.07) is 3.79. The fraction of sp³-hybridized carbons (Fsp3) is 0.625. The van der Waals surface area contributed by atoms with Crippen molar-refractivity contribution in [3.05, 3.63) is 29.3 Å². The van der Waals surface area contributed by atoms with E-state index in [1.54, 1.807) is 0 Å². The zero-order chi connectivity index (χ0) is 16.8. The highest BCUT2D eigenvalue weighted by Gasteiger charge is 2.52. The number of benzene rings is 1. The smallest absolute Gasteiger partial charge is 0.399 e. The highest BCUT2D eigenvalue weighted by atomic mass is 19.4. The number of aryl methyl sites for hydroxylation is 1. The van der Waals surface area contributed by atoms with Crippen molar-refractivity contribution in [3.8, 4) is 0 Å². The Hall–Kier alpha value is -1.01. The monoisotopic (exact) mass is 314 g/mol. The van der Waals surface area contributed by atoms with Crippen molar-refractivity contribution in [2.45, 2.75) is 64.8 Å². The Bertz CT molecular complexity index is 537. The molecule has 0 spiro atoms. The maximum Gasteiger partial charge on any atom is 0.495 e. The molecule has 1 saturated heterocycles. The minimum atomic E-state index is -4.34. The summed E-state index contributed by atoms with van der Waals surface area (Å²) in [5.74, 6) is 0. The molecule has 0 aromatic heterocycles. The van der Waals surface area contributed by atoms with E-state index in [1.165, 1.54) is 12.1 Å². The molecule has 1 heterocycles. The first-order valence-electron chi connectivity index (χ1n) is 7.53. The van der Waals surface area contributed by atoms with E-state index in [0.717, 1.165) is 12.5 Å². The van der Waals surface area contributed by atoms with Gasteiger partial charge in [0.15, 0.2) is 0 Å². The van der Waals surface area contributed by atoms with Crippen molar-refractivity contribution in [1.29, 1.82) is 0 Å². The topological polar surface area (TPSA) is 18.5 Å². The molecule has 1 aromatic carbocycles. The molecule has 0 unspecified atom stereocenters. The molecular formula is C16H22BF3O2. The van der Waals surface area contributed by atoms with E-state index in [0.29, 0.717) is 17.4 Å². The van der Waals surface area contributed by atoms with Crippen LogP contribution in [0.2, 0.25) is 0 Å². The Morgan fingerprint density at radius 2 is 1.59 bits per heavy atom. The lowest BCUT2D eigenvalue weighted by Gasteiger charge is -2.32. The summed E-state index contributed by atoms with van der Waals surface area (Å²) >= 11 is 0. The van der Waals surface area contributed by atoms with Crippen LogP contribution in [-0.2, 0) is 21.9 Å². The van der Waals surface area contributed by atoms with Crippen molar-refractivity contribution >= 4 is 12.6 Å². The van der Waals surface area contributed by atoms with Crippen LogP contribution in [0.1, 0.15) is 52.2 Å². The second kappa shape index (κ2) is 5.57. The third-order valence-corrected chi connectivity index (χ3v) is 4.50. The van der Waals surface area contributed by atoms with Gasteiger partial charge in [0.1, 0.15) is 0 Å². The van der Waals surface area contributed by atoms with Gasteiger partial charge in [0.2, 0.25) is 0 Å². The third kappa shape index (κ3) is 3.18. The lowest BCUT2D eigenvalue weighted by Crippen LogP contribution is -2.41. The summed E-state index contributed by atoms with van der Waals surface area (Å²) in [5.41, 5.74) is -0.325. The minimum Gasteiger partial charge on any atom is -0.399 e. The Balaban J connectivity index is 2.40. The van der Waals surface area contributed by atoms with E-state index in [9.17, 15) is 13.2 Å². The van der Waals surface area contributed by atoms with E-state index in [1.807, 2.05) is 34.6 Å². The van der Waals surface area contributed by atoms with Crippen LogP contribution in [0.15, 0.2) is 18.2 Å². The van der Waals surface area contributed by atoms with E-state index in [2.05, 4.69) is 0 Å². The fourth-order valence-corrected chi connectivity index (χ4v) is 2.47. The van der Waals surface area contributed by atoms with Crippen LogP contribution >= 0.6 is 0 Å². The fourth-order valence-electron chi connectivity index (χ4n) is 2.47. The molecule has 0 aliphatic carbocycles. The van der Waals surface area contributed by atoms with Crippen molar-refractivity contribution in [3.63, 3.8) is 0 Å². The van der Waals surface area contributed by atoms with Gasteiger partial charge in [-0.25, -0.2) is 0 Å². The second-order valence-electron chi connectivity index (χ2n) is 6.75. The molecule has 122 valence electrons. The van der Waals surface area contributed by atoms with Gasteiger partial charge >= 0.3 is 13.3 Å². The van der Waals surface area contributed by atoms with Crippen LogP contribution in [0.25, 0.3) is 0 Å². The number of hydrogen-bond acceptors (Lipinski definition) is 2. The van der Waals surface area contributed by atoms with Crippen LogP contribution in [0.3, 0.4) is 0 Å². The van der Waals surface area contributed by atoms with Gasteiger partial charge in [-0.1, -0.05) is 25.5 Å². The number of hydrogen-bond donors (Lipinski definition) is 0. The molecule has 6 heteroatoms.